The van der Waals surface area contributed by atoms with E-state index in [1.807, 2.05) is 55.7 Å². The number of carbonyl (C=O) groups is 8. The van der Waals surface area contributed by atoms with Gasteiger partial charge in [0.25, 0.3) is 11.8 Å². The summed E-state index contributed by atoms with van der Waals surface area (Å²) < 4.78 is 39.5. The van der Waals surface area contributed by atoms with Crippen molar-refractivity contribution < 1.29 is 53.7 Å². The van der Waals surface area contributed by atoms with Crippen LogP contribution in [0.5, 0.6) is 0 Å². The van der Waals surface area contributed by atoms with Crippen LogP contribution in [0.3, 0.4) is 0 Å². The van der Waals surface area contributed by atoms with Gasteiger partial charge in [0.2, 0.25) is 35.4 Å². The summed E-state index contributed by atoms with van der Waals surface area (Å²) >= 11 is 0. The maximum atomic E-state index is 15.1. The van der Waals surface area contributed by atoms with Crippen molar-refractivity contribution in [1.29, 1.82) is 0 Å². The lowest BCUT2D eigenvalue weighted by Crippen LogP contribution is -2.56. The molecule has 17 nitrogen and oxygen atoms in total. The normalized spacial score (nSPS) is 14.5. The molecule has 7 N–H and O–H groups in total. The second kappa shape index (κ2) is 24.0. The molecule has 0 saturated carbocycles. The second-order valence-corrected chi connectivity index (χ2v) is 17.2. The van der Waals surface area contributed by atoms with Crippen LogP contribution in [0.25, 0.3) is 11.1 Å². The van der Waals surface area contributed by atoms with E-state index >= 15 is 4.39 Å². The van der Waals surface area contributed by atoms with Crippen LogP contribution in [0, 0.1) is 17.0 Å². The van der Waals surface area contributed by atoms with Crippen LogP contribution in [-0.2, 0) is 44.9 Å². The largest absolute Gasteiger partial charge is 0.387 e. The highest BCUT2D eigenvalue weighted by atomic mass is 19.1. The van der Waals surface area contributed by atoms with Gasteiger partial charge in [-0.3, -0.25) is 43.3 Å². The SMILES string of the molecule is [2H]N(C(=O)CCCCCN1C(=O)C=CC1=O)[C@@H](C)C(=O)N[C@@H](C)C(=O)N[C@@H](CC(N)=O)C(=O)NCCCN(C(=O)CO)[C@@H](c1cc(-c2cc(F)ccc2F)cn1Cc1ccccc1)C(C)(C)C. The molecule has 8 amide bonds. The first-order valence-corrected chi connectivity index (χ1v) is 21.7. The van der Waals surface area contributed by atoms with Gasteiger partial charge in [-0.15, -0.1) is 0 Å². The Bertz CT molecular complexity index is 2300. The minimum absolute atomic E-state index is 0.00755. The highest BCUT2D eigenvalue weighted by molar-refractivity contribution is 6.12. The maximum Gasteiger partial charge on any atom is 0.253 e. The van der Waals surface area contributed by atoms with Crippen LogP contribution in [0.1, 0.15) is 90.4 Å². The monoisotopic (exact) mass is 919 g/mol. The van der Waals surface area contributed by atoms with Gasteiger partial charge in [0.05, 0.1) is 12.5 Å². The molecule has 19 heteroatoms. The summed E-state index contributed by atoms with van der Waals surface area (Å²) in [5.74, 6) is -6.85. The Kier molecular flexibility index (Phi) is 18.2. The molecule has 0 fully saturated rings. The van der Waals surface area contributed by atoms with Crippen LogP contribution in [-0.4, -0.2) is 111 Å². The van der Waals surface area contributed by atoms with Gasteiger partial charge < -0.3 is 41.6 Å². The van der Waals surface area contributed by atoms with Gasteiger partial charge in [-0.25, -0.2) is 8.78 Å². The quantitative estimate of drug-likeness (QED) is 0.0571. The molecule has 0 saturated heterocycles. The van der Waals surface area contributed by atoms with Gasteiger partial charge in [0, 0.05) is 67.8 Å². The molecule has 1 aliphatic heterocycles. The molecule has 0 unspecified atom stereocenters. The summed E-state index contributed by atoms with van der Waals surface area (Å²) in [5.41, 5.74) is 6.55. The van der Waals surface area contributed by atoms with Crippen molar-refractivity contribution in [2.24, 2.45) is 11.1 Å². The highest BCUT2D eigenvalue weighted by Gasteiger charge is 2.37. The molecule has 356 valence electrons. The first-order valence-electron chi connectivity index (χ1n) is 22.2. The lowest BCUT2D eigenvalue weighted by molar-refractivity contribution is -0.140. The van der Waals surface area contributed by atoms with E-state index in [9.17, 15) is 47.9 Å². The minimum atomic E-state index is -1.48. The first kappa shape index (κ1) is 50.2. The smallest absolute Gasteiger partial charge is 0.253 e. The zero-order chi connectivity index (χ0) is 49.6. The molecule has 1 aliphatic rings. The number of imide groups is 1. The Morgan fingerprint density at radius 2 is 1.53 bits per heavy atom. The number of aliphatic hydroxyl groups is 1. The van der Waals surface area contributed by atoms with Gasteiger partial charge in [-0.05, 0) is 68.4 Å². The van der Waals surface area contributed by atoms with E-state index < -0.39 is 102 Å². The van der Waals surface area contributed by atoms with E-state index in [2.05, 4.69) is 16.0 Å². The fraction of sp³-hybridized carbons (Fsp3) is 0.447. The fourth-order valence-corrected chi connectivity index (χ4v) is 7.50. The van der Waals surface area contributed by atoms with E-state index in [-0.39, 0.29) is 38.0 Å². The van der Waals surface area contributed by atoms with Gasteiger partial charge in [-0.1, -0.05) is 57.5 Å². The van der Waals surface area contributed by atoms with Crippen molar-refractivity contribution in [3.63, 3.8) is 0 Å². The highest BCUT2D eigenvalue weighted by Crippen LogP contribution is 2.41. The van der Waals surface area contributed by atoms with Crippen LogP contribution >= 0.6 is 0 Å². The Morgan fingerprint density at radius 3 is 2.17 bits per heavy atom. The lowest BCUT2D eigenvalue weighted by Gasteiger charge is -2.41. The van der Waals surface area contributed by atoms with E-state index in [0.29, 0.717) is 42.4 Å². The predicted molar refractivity (Wildman–Crippen MR) is 239 cm³/mol. The molecule has 2 heterocycles. The summed E-state index contributed by atoms with van der Waals surface area (Å²) in [4.78, 5) is 104. The van der Waals surface area contributed by atoms with Crippen LogP contribution in [0.15, 0.2) is 72.9 Å². The number of primary amides is 1. The van der Waals surface area contributed by atoms with Gasteiger partial charge in [0.1, 0.15) is 36.4 Å². The third kappa shape index (κ3) is 14.9. The first-order chi connectivity index (χ1) is 31.6. The molecular formula is C47H60F2N8O9. The average Bonchev–Trinajstić information content (AvgIpc) is 3.83. The maximum absolute atomic E-state index is 15.1. The van der Waals surface area contributed by atoms with Gasteiger partial charge >= 0.3 is 0 Å². The molecule has 1 aromatic heterocycles. The summed E-state index contributed by atoms with van der Waals surface area (Å²) in [6.45, 7) is 7.81. The summed E-state index contributed by atoms with van der Waals surface area (Å²) in [7, 11) is 0. The van der Waals surface area contributed by atoms with Gasteiger partial charge in [0.15, 0.2) is 1.41 Å². The number of hydrogen-bond acceptors (Lipinski definition) is 9. The molecule has 0 spiro atoms. The van der Waals surface area contributed by atoms with E-state index in [1.165, 1.54) is 30.9 Å². The van der Waals surface area contributed by atoms with Crippen molar-refractivity contribution in [2.45, 2.75) is 104 Å². The minimum Gasteiger partial charge on any atom is -0.387 e. The molecular weight excluding hydrogens is 859 g/mol. The Morgan fingerprint density at radius 1 is 0.864 bits per heavy atom. The number of amides is 8. The third-order valence-electron chi connectivity index (χ3n) is 10.8. The number of carbonyl (C=O) groups excluding carboxylic acids is 8. The second-order valence-electron chi connectivity index (χ2n) is 17.2. The number of nitrogens with zero attached hydrogens (tertiary/aromatic N) is 3. The summed E-state index contributed by atoms with van der Waals surface area (Å²) in [5, 5.41) is 18.1. The summed E-state index contributed by atoms with van der Waals surface area (Å²) in [6, 6.07) is 9.39. The average molecular weight is 920 g/mol. The Balaban J connectivity index is 1.38. The number of aliphatic hydroxyl groups excluding tert-OH is 1. The van der Waals surface area contributed by atoms with Gasteiger partial charge in [-0.2, -0.15) is 0 Å². The molecule has 0 aliphatic carbocycles. The van der Waals surface area contributed by atoms with Crippen molar-refractivity contribution >= 4 is 47.3 Å². The number of nitrogens with one attached hydrogen (secondary N) is 4. The number of halogens is 2. The number of aromatic nitrogens is 1. The molecule has 3 aromatic rings. The number of nitrogens with two attached hydrogens (primary N) is 1. The number of rotatable bonds is 24. The van der Waals surface area contributed by atoms with E-state index in [0.717, 1.165) is 28.7 Å². The zero-order valence-corrected chi connectivity index (χ0v) is 37.9. The molecule has 2 aromatic carbocycles. The zero-order valence-electron chi connectivity index (χ0n) is 38.9. The van der Waals surface area contributed by atoms with E-state index in [1.54, 1.807) is 12.3 Å². The molecule has 0 bridgehead atoms. The topological polar surface area (TPSA) is 242 Å². The van der Waals surface area contributed by atoms with Crippen LogP contribution < -0.4 is 27.0 Å². The number of unbranched alkanes of at least 4 members (excludes halogenated alkanes) is 2. The predicted octanol–water partition coefficient (Wildman–Crippen LogP) is 2.75. The van der Waals surface area contributed by atoms with Crippen molar-refractivity contribution in [1.82, 2.24) is 35.6 Å². The number of hydrogen-bond donors (Lipinski definition) is 6. The molecule has 4 atom stereocenters. The Hall–Kier alpha value is -6.76. The molecule has 4 rings (SSSR count). The van der Waals surface area contributed by atoms with Crippen molar-refractivity contribution in [2.75, 3.05) is 26.2 Å². The van der Waals surface area contributed by atoms with E-state index in [4.69, 9.17) is 7.15 Å². The molecule has 0 radical (unpaired) electrons. The Labute approximate surface area is 384 Å². The summed E-state index contributed by atoms with van der Waals surface area (Å²) in [6.07, 6.45) is 4.72. The fourth-order valence-electron chi connectivity index (χ4n) is 7.50. The standard InChI is InChI=1S/C47H60F2N8O9/c1-29(52-39(60)15-10-7-11-21-56-40(61)18-19-41(56)62)44(64)53-30(2)45(65)54-36(25-38(50)59)46(66)51-20-12-22-57(42(63)28-58)43(47(3,4)5)37-23-32(34-24-33(48)16-17-35(34)49)27-55(37)26-31-13-8-6-9-14-31/h6,8-9,13-14,16-19,23-24,27,29-30,36,43,58H,7,10-12,15,20-22,25-26,28H2,1-5H3,(H2,50,59)(H,51,66)(H,52,60)(H,53,64)(H,54,65)/t29-,30-,36-,43-/m0/s1/i/hD. The molecule has 66 heavy (non-hydrogen) atoms. The van der Waals surface area contributed by atoms with Crippen LogP contribution in [0.2, 0.25) is 1.41 Å². The van der Waals surface area contributed by atoms with Crippen molar-refractivity contribution in [3.05, 3.63) is 95.8 Å². The number of benzene rings is 2. The third-order valence-corrected chi connectivity index (χ3v) is 10.8. The van der Waals surface area contributed by atoms with Crippen LogP contribution in [0.4, 0.5) is 8.78 Å². The van der Waals surface area contributed by atoms with Crippen molar-refractivity contribution in [3.8, 4) is 11.1 Å². The lowest BCUT2D eigenvalue weighted by atomic mass is 9.83.